The first-order valence-corrected chi connectivity index (χ1v) is 6.13. The molecule has 0 atom stereocenters. The number of carbonyl (C=O) groups is 1. The molecular weight excluding hydrogens is 263 g/mol. The number of hydrogen-bond donors (Lipinski definition) is 1. The number of halogens is 1. The van der Waals surface area contributed by atoms with Crippen molar-refractivity contribution in [3.63, 3.8) is 0 Å². The van der Waals surface area contributed by atoms with Gasteiger partial charge in [0.25, 0.3) is 0 Å². The molecule has 1 aromatic carbocycles. The number of rotatable bonds is 5. The van der Waals surface area contributed by atoms with Gasteiger partial charge in [-0.2, -0.15) is 9.78 Å². The molecule has 6 heteroatoms. The van der Waals surface area contributed by atoms with Crippen molar-refractivity contribution in [2.45, 2.75) is 19.8 Å². The average Bonchev–Trinajstić information content (AvgIpc) is 2.73. The summed E-state index contributed by atoms with van der Waals surface area (Å²) in [5, 5.41) is 13.0. The van der Waals surface area contributed by atoms with E-state index in [4.69, 9.17) is 9.84 Å². The quantitative estimate of drug-likeness (QED) is 0.911. The van der Waals surface area contributed by atoms with Crippen LogP contribution >= 0.6 is 0 Å². The number of ether oxygens (including phenoxy) is 1. The second-order valence-electron chi connectivity index (χ2n) is 4.33. The minimum atomic E-state index is -0.898. The molecule has 0 bridgehead atoms. The summed E-state index contributed by atoms with van der Waals surface area (Å²) in [7, 11) is 1.46. The van der Waals surface area contributed by atoms with Crippen LogP contribution in [0, 0.1) is 12.7 Å². The zero-order valence-electron chi connectivity index (χ0n) is 11.3. The van der Waals surface area contributed by atoms with Crippen LogP contribution in [0.1, 0.15) is 17.7 Å². The first-order chi connectivity index (χ1) is 9.54. The Morgan fingerprint density at radius 2 is 2.15 bits per heavy atom. The Hall–Kier alpha value is -2.37. The Kier molecular flexibility index (Phi) is 4.02. The number of aromatic nitrogens is 2. The fourth-order valence-corrected chi connectivity index (χ4v) is 2.05. The predicted octanol–water partition coefficient (Wildman–Crippen LogP) is 2.35. The third-order valence-electron chi connectivity index (χ3n) is 3.00. The van der Waals surface area contributed by atoms with Gasteiger partial charge in [0, 0.05) is 12.0 Å². The minimum absolute atomic E-state index is 0.0276. The lowest BCUT2D eigenvalue weighted by atomic mass is 10.1. The first-order valence-electron chi connectivity index (χ1n) is 6.13. The molecule has 106 valence electrons. The average molecular weight is 278 g/mol. The van der Waals surface area contributed by atoms with Crippen LogP contribution in [-0.4, -0.2) is 28.0 Å². The van der Waals surface area contributed by atoms with E-state index in [1.807, 2.05) is 0 Å². The van der Waals surface area contributed by atoms with Gasteiger partial charge in [0.2, 0.25) is 5.88 Å². The van der Waals surface area contributed by atoms with Gasteiger partial charge < -0.3 is 9.84 Å². The van der Waals surface area contributed by atoms with Crippen molar-refractivity contribution in [2.24, 2.45) is 0 Å². The number of aryl methyl sites for hydroxylation is 1. The molecule has 0 radical (unpaired) electrons. The molecule has 0 saturated heterocycles. The Balaban J connectivity index is 2.48. The highest BCUT2D eigenvalue weighted by molar-refractivity contribution is 5.67. The Morgan fingerprint density at radius 3 is 2.75 bits per heavy atom. The van der Waals surface area contributed by atoms with E-state index in [2.05, 4.69) is 5.10 Å². The van der Waals surface area contributed by atoms with E-state index >= 15 is 0 Å². The molecule has 0 aliphatic heterocycles. The summed E-state index contributed by atoms with van der Waals surface area (Å²) in [4.78, 5) is 10.7. The van der Waals surface area contributed by atoms with Crippen molar-refractivity contribution in [1.29, 1.82) is 0 Å². The number of hydrogen-bond acceptors (Lipinski definition) is 3. The van der Waals surface area contributed by atoms with Crippen LogP contribution in [0.25, 0.3) is 5.69 Å². The number of carboxylic acid groups (broad SMARTS) is 1. The molecule has 2 aromatic rings. The largest absolute Gasteiger partial charge is 0.481 e. The van der Waals surface area contributed by atoms with Crippen molar-refractivity contribution in [2.75, 3.05) is 7.11 Å². The van der Waals surface area contributed by atoms with E-state index < -0.39 is 11.8 Å². The van der Waals surface area contributed by atoms with Gasteiger partial charge in [-0.05, 0) is 25.5 Å². The molecule has 20 heavy (non-hydrogen) atoms. The van der Waals surface area contributed by atoms with E-state index in [9.17, 15) is 9.18 Å². The fraction of sp³-hybridized carbons (Fsp3) is 0.286. The molecule has 0 spiro atoms. The van der Waals surface area contributed by atoms with Gasteiger partial charge in [-0.1, -0.05) is 12.1 Å². The van der Waals surface area contributed by atoms with Crippen LogP contribution in [-0.2, 0) is 11.2 Å². The van der Waals surface area contributed by atoms with Crippen LogP contribution in [0.2, 0.25) is 0 Å². The highest BCUT2D eigenvalue weighted by Gasteiger charge is 2.19. The molecule has 0 amide bonds. The number of para-hydroxylation sites is 1. The van der Waals surface area contributed by atoms with Gasteiger partial charge in [0.05, 0.1) is 12.8 Å². The molecule has 0 fully saturated rings. The predicted molar refractivity (Wildman–Crippen MR) is 70.8 cm³/mol. The van der Waals surface area contributed by atoms with Crippen LogP contribution in [0.15, 0.2) is 24.3 Å². The molecule has 0 aliphatic rings. The highest BCUT2D eigenvalue weighted by Crippen LogP contribution is 2.27. The summed E-state index contributed by atoms with van der Waals surface area (Å²) in [6, 6.07) is 6.22. The molecule has 1 heterocycles. The van der Waals surface area contributed by atoms with Gasteiger partial charge in [-0.15, -0.1) is 0 Å². The van der Waals surface area contributed by atoms with E-state index in [-0.39, 0.29) is 12.1 Å². The molecule has 1 aromatic heterocycles. The number of aliphatic carboxylic acids is 1. The molecule has 1 N–H and O–H groups in total. The zero-order valence-corrected chi connectivity index (χ0v) is 11.3. The molecule has 2 rings (SSSR count). The molecule has 0 unspecified atom stereocenters. The smallest absolute Gasteiger partial charge is 0.303 e. The summed E-state index contributed by atoms with van der Waals surface area (Å²) in [5.41, 5.74) is 1.58. The SMILES string of the molecule is COc1c(CCC(=O)O)c(C)nn1-c1ccccc1F. The van der Waals surface area contributed by atoms with Crippen molar-refractivity contribution in [3.8, 4) is 11.6 Å². The van der Waals surface area contributed by atoms with Gasteiger partial charge in [0.15, 0.2) is 0 Å². The first kappa shape index (κ1) is 14.0. The molecular formula is C14H15FN2O3. The van der Waals surface area contributed by atoms with E-state index in [1.54, 1.807) is 25.1 Å². The number of benzene rings is 1. The molecule has 5 nitrogen and oxygen atoms in total. The minimum Gasteiger partial charge on any atom is -0.481 e. The Bertz CT molecular complexity index is 637. The van der Waals surface area contributed by atoms with Gasteiger partial charge in [0.1, 0.15) is 11.5 Å². The Morgan fingerprint density at radius 1 is 1.45 bits per heavy atom. The molecule has 0 aliphatic carbocycles. The van der Waals surface area contributed by atoms with Gasteiger partial charge >= 0.3 is 5.97 Å². The standard InChI is InChI=1S/C14H15FN2O3/c1-9-10(7-8-13(18)19)14(20-2)17(16-9)12-6-4-3-5-11(12)15/h3-6H,7-8H2,1-2H3,(H,18,19). The summed E-state index contributed by atoms with van der Waals surface area (Å²) >= 11 is 0. The monoisotopic (exact) mass is 278 g/mol. The van der Waals surface area contributed by atoms with Crippen LogP contribution < -0.4 is 4.74 Å². The highest BCUT2D eigenvalue weighted by atomic mass is 19.1. The lowest BCUT2D eigenvalue weighted by Gasteiger charge is -2.08. The van der Waals surface area contributed by atoms with E-state index in [0.717, 1.165) is 0 Å². The zero-order chi connectivity index (χ0) is 14.7. The fourth-order valence-electron chi connectivity index (χ4n) is 2.05. The Labute approximate surface area is 115 Å². The maximum absolute atomic E-state index is 13.8. The third-order valence-corrected chi connectivity index (χ3v) is 3.00. The van der Waals surface area contributed by atoms with E-state index in [0.29, 0.717) is 23.6 Å². The number of nitrogens with zero attached hydrogens (tertiary/aromatic N) is 2. The summed E-state index contributed by atoms with van der Waals surface area (Å²) in [6.07, 6.45) is 0.263. The number of methoxy groups -OCH3 is 1. The lowest BCUT2D eigenvalue weighted by molar-refractivity contribution is -0.136. The van der Waals surface area contributed by atoms with Crippen LogP contribution in [0.5, 0.6) is 5.88 Å². The van der Waals surface area contributed by atoms with Gasteiger partial charge in [-0.3, -0.25) is 4.79 Å². The van der Waals surface area contributed by atoms with Gasteiger partial charge in [-0.25, -0.2) is 4.39 Å². The molecule has 0 saturated carbocycles. The van der Waals surface area contributed by atoms with E-state index in [1.165, 1.54) is 17.9 Å². The number of carboxylic acids is 1. The summed E-state index contributed by atoms with van der Waals surface area (Å²) in [6.45, 7) is 1.75. The summed E-state index contributed by atoms with van der Waals surface area (Å²) < 4.78 is 20.5. The maximum Gasteiger partial charge on any atom is 0.303 e. The van der Waals surface area contributed by atoms with Crippen molar-refractivity contribution in [3.05, 3.63) is 41.3 Å². The van der Waals surface area contributed by atoms with Crippen molar-refractivity contribution in [1.82, 2.24) is 9.78 Å². The normalized spacial score (nSPS) is 10.6. The van der Waals surface area contributed by atoms with Crippen LogP contribution in [0.4, 0.5) is 4.39 Å². The summed E-state index contributed by atoms with van der Waals surface area (Å²) in [5.74, 6) is -0.947. The van der Waals surface area contributed by atoms with Crippen molar-refractivity contribution < 1.29 is 19.0 Å². The second kappa shape index (κ2) is 5.73. The third kappa shape index (κ3) is 2.64. The second-order valence-corrected chi connectivity index (χ2v) is 4.33. The maximum atomic E-state index is 13.8. The van der Waals surface area contributed by atoms with Crippen molar-refractivity contribution >= 4 is 5.97 Å². The topological polar surface area (TPSA) is 64.3 Å². The lowest BCUT2D eigenvalue weighted by Crippen LogP contribution is -2.04. The van der Waals surface area contributed by atoms with Crippen LogP contribution in [0.3, 0.4) is 0 Å².